The van der Waals surface area contributed by atoms with Crippen molar-refractivity contribution >= 4 is 63.5 Å². The first-order chi connectivity index (χ1) is 14.2. The highest BCUT2D eigenvalue weighted by Gasteiger charge is 2.18. The molecule has 30 heavy (non-hydrogen) atoms. The SMILES string of the molecule is COc1ccc(C(=O)NC(=S)Nc2ccc(NC(=S)NC(C)=O)cc2)cc1[N+](=O)[O-]. The van der Waals surface area contributed by atoms with Crippen molar-refractivity contribution < 1.29 is 19.2 Å². The number of methoxy groups -OCH3 is 1. The molecule has 0 aliphatic carbocycles. The normalized spacial score (nSPS) is 9.80. The third-order valence-corrected chi connectivity index (χ3v) is 3.96. The number of rotatable bonds is 5. The number of nitrogens with zero attached hydrogens (tertiary/aromatic N) is 1. The van der Waals surface area contributed by atoms with Gasteiger partial charge in [-0.3, -0.25) is 25.0 Å². The van der Waals surface area contributed by atoms with Crippen LogP contribution in [0.25, 0.3) is 0 Å². The van der Waals surface area contributed by atoms with Crippen LogP contribution in [0.3, 0.4) is 0 Å². The first kappa shape index (κ1) is 22.6. The molecule has 0 unspecified atom stereocenters. The lowest BCUT2D eigenvalue weighted by atomic mass is 10.1. The minimum Gasteiger partial charge on any atom is -0.490 e. The maximum absolute atomic E-state index is 12.3. The molecular formula is C18H17N5O5S2. The fourth-order valence-corrected chi connectivity index (χ4v) is 2.74. The maximum Gasteiger partial charge on any atom is 0.311 e. The topological polar surface area (TPSA) is 135 Å². The second-order valence-corrected chi connectivity index (χ2v) is 6.58. The largest absolute Gasteiger partial charge is 0.490 e. The Morgan fingerprint density at radius 3 is 1.97 bits per heavy atom. The van der Waals surface area contributed by atoms with Gasteiger partial charge in [-0.1, -0.05) is 0 Å². The number of carbonyl (C=O) groups excluding carboxylic acids is 2. The van der Waals surface area contributed by atoms with Gasteiger partial charge in [0.25, 0.3) is 5.91 Å². The molecule has 2 aromatic carbocycles. The molecule has 12 heteroatoms. The molecule has 2 amide bonds. The molecule has 0 aromatic heterocycles. The zero-order chi connectivity index (χ0) is 22.3. The highest BCUT2D eigenvalue weighted by atomic mass is 32.1. The van der Waals surface area contributed by atoms with Crippen molar-refractivity contribution in [2.24, 2.45) is 0 Å². The van der Waals surface area contributed by atoms with Gasteiger partial charge in [0.05, 0.1) is 12.0 Å². The minimum absolute atomic E-state index is 0.00736. The Kier molecular flexibility index (Phi) is 7.72. The summed E-state index contributed by atoms with van der Waals surface area (Å²) in [6.45, 7) is 1.35. The minimum atomic E-state index is -0.639. The Bertz CT molecular complexity index is 1010. The van der Waals surface area contributed by atoms with Gasteiger partial charge in [0.1, 0.15) is 0 Å². The van der Waals surface area contributed by atoms with Crippen molar-refractivity contribution in [3.05, 3.63) is 58.1 Å². The number of carbonyl (C=O) groups is 2. The van der Waals surface area contributed by atoms with Crippen LogP contribution in [0.5, 0.6) is 5.75 Å². The second kappa shape index (κ2) is 10.2. The fraction of sp³-hybridized carbons (Fsp3) is 0.111. The summed E-state index contributed by atoms with van der Waals surface area (Å²) in [4.78, 5) is 33.7. The average molecular weight is 447 g/mol. The van der Waals surface area contributed by atoms with E-state index < -0.39 is 10.8 Å². The fourth-order valence-electron chi connectivity index (χ4n) is 2.27. The molecule has 0 spiro atoms. The standard InChI is InChI=1S/C18H17N5O5S2/c1-10(24)19-17(29)20-12-4-6-13(7-5-12)21-18(30)22-16(25)11-3-8-15(28-2)14(9-11)23(26)27/h3-9H,1-2H3,(H2,19,20,24,29)(H2,21,22,25,30). The lowest BCUT2D eigenvalue weighted by Crippen LogP contribution is -2.34. The van der Waals surface area contributed by atoms with E-state index in [-0.39, 0.29) is 33.1 Å². The monoisotopic (exact) mass is 447 g/mol. The summed E-state index contributed by atoms with van der Waals surface area (Å²) in [6, 6.07) is 10.6. The van der Waals surface area contributed by atoms with E-state index in [1.807, 2.05) is 0 Å². The van der Waals surface area contributed by atoms with Gasteiger partial charge in [-0.2, -0.15) is 0 Å². The second-order valence-electron chi connectivity index (χ2n) is 5.76. The Balaban J connectivity index is 1.98. The predicted octanol–water partition coefficient (Wildman–Crippen LogP) is 2.56. The van der Waals surface area contributed by atoms with E-state index in [1.165, 1.54) is 26.2 Å². The van der Waals surface area contributed by atoms with Crippen molar-refractivity contribution in [1.82, 2.24) is 10.6 Å². The van der Waals surface area contributed by atoms with E-state index in [2.05, 4.69) is 21.3 Å². The number of nitrogens with one attached hydrogen (secondary N) is 4. The van der Waals surface area contributed by atoms with Crippen LogP contribution >= 0.6 is 24.4 Å². The van der Waals surface area contributed by atoms with Gasteiger partial charge in [0.2, 0.25) is 5.91 Å². The van der Waals surface area contributed by atoms with Gasteiger partial charge in [-0.25, -0.2) is 0 Å². The highest BCUT2D eigenvalue weighted by molar-refractivity contribution is 7.80. The quantitative estimate of drug-likeness (QED) is 0.310. The number of benzene rings is 2. The number of hydrogen-bond acceptors (Lipinski definition) is 7. The molecule has 0 fully saturated rings. The highest BCUT2D eigenvalue weighted by Crippen LogP contribution is 2.27. The molecule has 0 saturated heterocycles. The predicted molar refractivity (Wildman–Crippen MR) is 120 cm³/mol. The van der Waals surface area contributed by atoms with Gasteiger partial charge in [0.15, 0.2) is 16.0 Å². The van der Waals surface area contributed by atoms with Crippen molar-refractivity contribution in [1.29, 1.82) is 0 Å². The van der Waals surface area contributed by atoms with Crippen molar-refractivity contribution in [2.45, 2.75) is 6.92 Å². The first-order valence-corrected chi connectivity index (χ1v) is 9.14. The Hall–Kier alpha value is -3.64. The molecule has 0 aliphatic rings. The zero-order valence-corrected chi connectivity index (χ0v) is 17.5. The summed E-state index contributed by atoms with van der Waals surface area (Å²) in [6.07, 6.45) is 0. The molecule has 4 N–H and O–H groups in total. The van der Waals surface area contributed by atoms with Crippen LogP contribution < -0.4 is 26.0 Å². The van der Waals surface area contributed by atoms with E-state index in [0.29, 0.717) is 11.4 Å². The third kappa shape index (κ3) is 6.46. The van der Waals surface area contributed by atoms with Crippen LogP contribution in [0.2, 0.25) is 0 Å². The summed E-state index contributed by atoms with van der Waals surface area (Å²) < 4.78 is 4.91. The summed E-state index contributed by atoms with van der Waals surface area (Å²) in [5.74, 6) is -0.852. The van der Waals surface area contributed by atoms with E-state index in [9.17, 15) is 19.7 Å². The number of nitro benzene ring substituents is 1. The van der Waals surface area contributed by atoms with Crippen molar-refractivity contribution in [3.63, 3.8) is 0 Å². The number of nitro groups is 1. The molecule has 0 saturated carbocycles. The Morgan fingerprint density at radius 2 is 1.50 bits per heavy atom. The average Bonchev–Trinajstić information content (AvgIpc) is 2.68. The summed E-state index contributed by atoms with van der Waals surface area (Å²) in [5.41, 5.74) is 0.943. The molecule has 156 valence electrons. The van der Waals surface area contributed by atoms with E-state index in [1.54, 1.807) is 24.3 Å². The molecule has 10 nitrogen and oxygen atoms in total. The smallest absolute Gasteiger partial charge is 0.311 e. The van der Waals surface area contributed by atoms with Crippen LogP contribution in [0.1, 0.15) is 17.3 Å². The number of anilines is 2. The summed E-state index contributed by atoms with van der Waals surface area (Å²) >= 11 is 10.1. The van der Waals surface area contributed by atoms with Gasteiger partial charge < -0.3 is 20.7 Å². The van der Waals surface area contributed by atoms with Crippen LogP contribution in [-0.4, -0.2) is 34.1 Å². The van der Waals surface area contributed by atoms with Crippen LogP contribution in [0.4, 0.5) is 17.1 Å². The molecular weight excluding hydrogens is 430 g/mol. The lowest BCUT2D eigenvalue weighted by Gasteiger charge is -2.12. The van der Waals surface area contributed by atoms with E-state index >= 15 is 0 Å². The number of hydrogen-bond donors (Lipinski definition) is 4. The number of amides is 2. The maximum atomic E-state index is 12.3. The van der Waals surface area contributed by atoms with Crippen LogP contribution in [-0.2, 0) is 4.79 Å². The molecule has 0 bridgehead atoms. The Labute approximate surface area is 182 Å². The molecule has 0 heterocycles. The van der Waals surface area contributed by atoms with Gasteiger partial charge in [0, 0.05) is 29.9 Å². The Morgan fingerprint density at radius 1 is 0.967 bits per heavy atom. The van der Waals surface area contributed by atoms with Crippen molar-refractivity contribution in [3.8, 4) is 5.75 Å². The van der Waals surface area contributed by atoms with Gasteiger partial charge in [-0.15, -0.1) is 0 Å². The number of thiocarbonyl (C=S) groups is 2. The lowest BCUT2D eigenvalue weighted by molar-refractivity contribution is -0.385. The zero-order valence-electron chi connectivity index (χ0n) is 15.8. The molecule has 0 radical (unpaired) electrons. The summed E-state index contributed by atoms with van der Waals surface area (Å²) in [7, 11) is 1.30. The van der Waals surface area contributed by atoms with E-state index in [0.717, 1.165) is 6.07 Å². The molecule has 2 aromatic rings. The molecule has 2 rings (SSSR count). The molecule has 0 aliphatic heterocycles. The van der Waals surface area contributed by atoms with Crippen LogP contribution in [0.15, 0.2) is 42.5 Å². The third-order valence-electron chi connectivity index (χ3n) is 3.55. The summed E-state index contributed by atoms with van der Waals surface area (Å²) in [5, 5.41) is 21.8. The van der Waals surface area contributed by atoms with Crippen molar-refractivity contribution in [2.75, 3.05) is 17.7 Å². The number of ether oxygens (including phenoxy) is 1. The van der Waals surface area contributed by atoms with E-state index in [4.69, 9.17) is 29.2 Å². The molecule has 0 atom stereocenters. The van der Waals surface area contributed by atoms with Gasteiger partial charge >= 0.3 is 5.69 Å². The van der Waals surface area contributed by atoms with Crippen LogP contribution in [0, 0.1) is 10.1 Å². The first-order valence-electron chi connectivity index (χ1n) is 8.33. The van der Waals surface area contributed by atoms with Gasteiger partial charge in [-0.05, 0) is 60.8 Å².